The van der Waals surface area contributed by atoms with Gasteiger partial charge in [0.1, 0.15) is 5.82 Å². The third kappa shape index (κ3) is 4.99. The van der Waals surface area contributed by atoms with E-state index >= 15 is 0 Å². The molecule has 1 aromatic heterocycles. The van der Waals surface area contributed by atoms with Crippen molar-refractivity contribution in [3.63, 3.8) is 0 Å². The Kier molecular flexibility index (Phi) is 6.04. The Morgan fingerprint density at radius 2 is 2.05 bits per heavy atom. The van der Waals surface area contributed by atoms with Gasteiger partial charge in [0.05, 0.1) is 0 Å². The molecular formula is C18H31N3. The lowest BCUT2D eigenvalue weighted by Gasteiger charge is -2.29. The zero-order chi connectivity index (χ0) is 15.2. The predicted octanol–water partition coefficient (Wildman–Crippen LogP) is 3.77. The summed E-state index contributed by atoms with van der Waals surface area (Å²) in [6, 6.07) is 5.05. The summed E-state index contributed by atoms with van der Waals surface area (Å²) in [7, 11) is 0. The summed E-state index contributed by atoms with van der Waals surface area (Å²) in [5.41, 5.74) is 2.58. The fourth-order valence-corrected chi connectivity index (χ4v) is 2.62. The number of aryl methyl sites for hydroxylation is 1. The molecule has 3 heteroatoms. The van der Waals surface area contributed by atoms with Gasteiger partial charge in [0, 0.05) is 24.8 Å². The lowest BCUT2D eigenvalue weighted by atomic mass is 10.1. The summed E-state index contributed by atoms with van der Waals surface area (Å²) in [5, 5.41) is 3.50. The summed E-state index contributed by atoms with van der Waals surface area (Å²) < 4.78 is 0. The third-order valence-corrected chi connectivity index (χ3v) is 4.11. The van der Waals surface area contributed by atoms with Gasteiger partial charge < -0.3 is 10.2 Å². The van der Waals surface area contributed by atoms with Gasteiger partial charge in [-0.05, 0) is 69.7 Å². The molecule has 0 aliphatic heterocycles. The van der Waals surface area contributed by atoms with Gasteiger partial charge in [0.25, 0.3) is 0 Å². The highest BCUT2D eigenvalue weighted by molar-refractivity contribution is 5.44. The minimum Gasteiger partial charge on any atom is -0.354 e. The number of hydrogen-bond acceptors (Lipinski definition) is 3. The molecule has 3 nitrogen and oxygen atoms in total. The second-order valence-corrected chi connectivity index (χ2v) is 6.54. The molecule has 1 aliphatic rings. The van der Waals surface area contributed by atoms with Crippen molar-refractivity contribution < 1.29 is 0 Å². The van der Waals surface area contributed by atoms with Crippen LogP contribution in [0.25, 0.3) is 0 Å². The molecule has 1 heterocycles. The molecule has 0 radical (unpaired) electrons. The van der Waals surface area contributed by atoms with Gasteiger partial charge in [0.2, 0.25) is 0 Å². The Balaban J connectivity index is 2.16. The standard InChI is InChI=1S/C18H31N3/c1-5-9-19-12-16-10-17(6-2)20-18(11-16)21(14(3)4)13-15-7-8-15/h10-11,14-15,19H,5-9,12-13H2,1-4H3. The summed E-state index contributed by atoms with van der Waals surface area (Å²) in [4.78, 5) is 7.37. The quantitative estimate of drug-likeness (QED) is 0.701. The molecule has 0 amide bonds. The second kappa shape index (κ2) is 7.79. The van der Waals surface area contributed by atoms with Crippen LogP contribution >= 0.6 is 0 Å². The number of hydrogen-bond donors (Lipinski definition) is 1. The van der Waals surface area contributed by atoms with Crippen LogP contribution in [0.2, 0.25) is 0 Å². The highest BCUT2D eigenvalue weighted by atomic mass is 15.2. The van der Waals surface area contributed by atoms with Crippen LogP contribution in [0, 0.1) is 5.92 Å². The molecule has 0 atom stereocenters. The molecule has 118 valence electrons. The molecule has 21 heavy (non-hydrogen) atoms. The summed E-state index contributed by atoms with van der Waals surface area (Å²) >= 11 is 0. The lowest BCUT2D eigenvalue weighted by Crippen LogP contribution is -2.33. The van der Waals surface area contributed by atoms with E-state index in [4.69, 9.17) is 4.98 Å². The third-order valence-electron chi connectivity index (χ3n) is 4.11. The summed E-state index contributed by atoms with van der Waals surface area (Å²) in [6.45, 7) is 12.1. The molecule has 0 aromatic carbocycles. The van der Waals surface area contributed by atoms with Crippen molar-refractivity contribution in [3.8, 4) is 0 Å². The molecule has 0 spiro atoms. The van der Waals surface area contributed by atoms with E-state index in [0.29, 0.717) is 6.04 Å². The highest BCUT2D eigenvalue weighted by Gasteiger charge is 2.26. The maximum atomic E-state index is 4.88. The molecule has 0 bridgehead atoms. The van der Waals surface area contributed by atoms with Gasteiger partial charge in [0.15, 0.2) is 0 Å². The summed E-state index contributed by atoms with van der Waals surface area (Å²) in [5.74, 6) is 2.06. The fraction of sp³-hybridized carbons (Fsp3) is 0.722. The van der Waals surface area contributed by atoms with Crippen LogP contribution in [0.5, 0.6) is 0 Å². The van der Waals surface area contributed by atoms with Gasteiger partial charge in [-0.3, -0.25) is 0 Å². The van der Waals surface area contributed by atoms with Gasteiger partial charge in [-0.15, -0.1) is 0 Å². The van der Waals surface area contributed by atoms with Gasteiger partial charge in [-0.1, -0.05) is 13.8 Å². The highest BCUT2D eigenvalue weighted by Crippen LogP contribution is 2.32. The zero-order valence-electron chi connectivity index (χ0n) is 14.2. The first-order valence-electron chi connectivity index (χ1n) is 8.61. The normalized spacial score (nSPS) is 14.7. The van der Waals surface area contributed by atoms with E-state index in [2.05, 4.69) is 50.0 Å². The maximum absolute atomic E-state index is 4.88. The molecule has 1 saturated carbocycles. The minimum atomic E-state index is 0.515. The average Bonchev–Trinajstić information content (AvgIpc) is 3.28. The van der Waals surface area contributed by atoms with E-state index in [0.717, 1.165) is 25.4 Å². The van der Waals surface area contributed by atoms with Crippen molar-refractivity contribution in [1.82, 2.24) is 10.3 Å². The molecule has 0 saturated heterocycles. The average molecular weight is 289 g/mol. The predicted molar refractivity (Wildman–Crippen MR) is 90.8 cm³/mol. The van der Waals surface area contributed by atoms with Crippen LogP contribution in [-0.2, 0) is 13.0 Å². The van der Waals surface area contributed by atoms with E-state index in [9.17, 15) is 0 Å². The van der Waals surface area contributed by atoms with Crippen LogP contribution in [0.1, 0.15) is 58.2 Å². The monoisotopic (exact) mass is 289 g/mol. The Morgan fingerprint density at radius 1 is 1.29 bits per heavy atom. The van der Waals surface area contributed by atoms with Crippen LogP contribution in [0.4, 0.5) is 5.82 Å². The Labute approximate surface area is 130 Å². The number of rotatable bonds is 9. The zero-order valence-corrected chi connectivity index (χ0v) is 14.2. The largest absolute Gasteiger partial charge is 0.354 e. The molecule has 1 aromatic rings. The van der Waals surface area contributed by atoms with Gasteiger partial charge in [-0.2, -0.15) is 0 Å². The molecule has 1 fully saturated rings. The number of aromatic nitrogens is 1. The topological polar surface area (TPSA) is 28.2 Å². The Hall–Kier alpha value is -1.09. The summed E-state index contributed by atoms with van der Waals surface area (Å²) in [6.07, 6.45) is 4.96. The number of nitrogens with one attached hydrogen (secondary N) is 1. The van der Waals surface area contributed by atoms with E-state index < -0.39 is 0 Å². The second-order valence-electron chi connectivity index (χ2n) is 6.54. The van der Waals surface area contributed by atoms with Crippen LogP contribution in [0.3, 0.4) is 0 Å². The van der Waals surface area contributed by atoms with Crippen molar-refractivity contribution in [2.24, 2.45) is 5.92 Å². The van der Waals surface area contributed by atoms with E-state index in [1.807, 2.05) is 0 Å². The first-order chi connectivity index (χ1) is 10.1. The van der Waals surface area contributed by atoms with Crippen molar-refractivity contribution in [1.29, 1.82) is 0 Å². The number of anilines is 1. The lowest BCUT2D eigenvalue weighted by molar-refractivity contribution is 0.632. The van der Waals surface area contributed by atoms with Crippen molar-refractivity contribution in [3.05, 3.63) is 23.4 Å². The van der Waals surface area contributed by atoms with Crippen LogP contribution in [-0.4, -0.2) is 24.1 Å². The molecule has 1 aliphatic carbocycles. The smallest absolute Gasteiger partial charge is 0.129 e. The minimum absolute atomic E-state index is 0.515. The van der Waals surface area contributed by atoms with Crippen LogP contribution in [0.15, 0.2) is 12.1 Å². The van der Waals surface area contributed by atoms with Crippen molar-refractivity contribution in [2.45, 2.75) is 66.0 Å². The van der Waals surface area contributed by atoms with Crippen LogP contribution < -0.4 is 10.2 Å². The van der Waals surface area contributed by atoms with Crippen molar-refractivity contribution >= 4 is 5.82 Å². The molecule has 1 N–H and O–H groups in total. The van der Waals surface area contributed by atoms with Gasteiger partial charge >= 0.3 is 0 Å². The number of nitrogens with zero attached hydrogens (tertiary/aromatic N) is 2. The van der Waals surface area contributed by atoms with E-state index in [1.165, 1.54) is 42.9 Å². The number of pyridine rings is 1. The molecular weight excluding hydrogens is 258 g/mol. The van der Waals surface area contributed by atoms with E-state index in [1.54, 1.807) is 0 Å². The fourth-order valence-electron chi connectivity index (χ4n) is 2.62. The SMILES string of the molecule is CCCNCc1cc(CC)nc(N(CC2CC2)C(C)C)c1. The first kappa shape index (κ1) is 16.3. The van der Waals surface area contributed by atoms with Crippen molar-refractivity contribution in [2.75, 3.05) is 18.0 Å². The first-order valence-corrected chi connectivity index (χ1v) is 8.61. The molecule has 2 rings (SSSR count). The Morgan fingerprint density at radius 3 is 2.62 bits per heavy atom. The maximum Gasteiger partial charge on any atom is 0.129 e. The molecule has 0 unspecified atom stereocenters. The van der Waals surface area contributed by atoms with Gasteiger partial charge in [-0.25, -0.2) is 4.98 Å². The van der Waals surface area contributed by atoms with E-state index in [-0.39, 0.29) is 0 Å². The Bertz CT molecular complexity index is 438.